The van der Waals surface area contributed by atoms with Gasteiger partial charge in [-0.1, -0.05) is 67.4 Å². The third-order valence-electron chi connectivity index (χ3n) is 9.26. The summed E-state index contributed by atoms with van der Waals surface area (Å²) in [6.07, 6.45) is 2.81. The van der Waals surface area contributed by atoms with E-state index in [0.717, 1.165) is 30.3 Å². The van der Waals surface area contributed by atoms with Crippen LogP contribution in [-0.4, -0.2) is 47.2 Å². The summed E-state index contributed by atoms with van der Waals surface area (Å²) in [7, 11) is -7.85. The summed E-state index contributed by atoms with van der Waals surface area (Å²) < 4.78 is 56.6. The van der Waals surface area contributed by atoms with Crippen LogP contribution in [0.25, 0.3) is 0 Å². The van der Waals surface area contributed by atoms with Crippen LogP contribution in [0.2, 0.25) is 0 Å². The molecule has 10 nitrogen and oxygen atoms in total. The predicted octanol–water partition coefficient (Wildman–Crippen LogP) is 5.51. The summed E-state index contributed by atoms with van der Waals surface area (Å²) in [6, 6.07) is 21.0. The second kappa shape index (κ2) is 12.2. The molecule has 0 spiro atoms. The molecule has 6 rings (SSSR count). The van der Waals surface area contributed by atoms with Gasteiger partial charge in [-0.3, -0.25) is 4.79 Å². The second-order valence-electron chi connectivity index (χ2n) is 13.2. The molecular weight excluding hydrogens is 647 g/mol. The number of nitrogens with zero attached hydrogens (tertiary/aromatic N) is 5. The fourth-order valence-electron chi connectivity index (χ4n) is 6.37. The van der Waals surface area contributed by atoms with Gasteiger partial charge in [-0.2, -0.15) is 0 Å². The molecule has 1 aliphatic rings. The van der Waals surface area contributed by atoms with Crippen LogP contribution in [0.1, 0.15) is 53.3 Å². The Balaban J connectivity index is 1.37. The first kappa shape index (κ1) is 33.4. The number of anilines is 1. The molecule has 0 atom stereocenters. The number of hydrogen-bond acceptors (Lipinski definition) is 7. The van der Waals surface area contributed by atoms with E-state index < -0.39 is 26.0 Å². The zero-order valence-electron chi connectivity index (χ0n) is 27.9. The Morgan fingerprint density at radius 3 is 1.60 bits per heavy atom. The topological polar surface area (TPSA) is 124 Å². The molecule has 3 aromatic carbocycles. The Kier molecular flexibility index (Phi) is 8.45. The highest BCUT2D eigenvalue weighted by Crippen LogP contribution is 2.41. The van der Waals surface area contributed by atoms with E-state index in [1.807, 2.05) is 38.1 Å². The number of amides is 1. The first-order valence-corrected chi connectivity index (χ1v) is 18.6. The van der Waals surface area contributed by atoms with E-state index in [4.69, 9.17) is 0 Å². The molecule has 0 saturated carbocycles. The van der Waals surface area contributed by atoms with Gasteiger partial charge in [-0.25, -0.2) is 34.7 Å². The van der Waals surface area contributed by atoms with Crippen molar-refractivity contribution in [3.05, 3.63) is 125 Å². The Labute approximate surface area is 282 Å². The van der Waals surface area contributed by atoms with Gasteiger partial charge < -0.3 is 4.90 Å². The largest absolute Gasteiger partial charge is 0.311 e. The standard InChI is InChI=1S/C36H39N5O5S2/c1-24-11-15-29(16-12-24)47(43,44)40-22-37-32(26(40)3)19-28(35(42)39-21-36(5,6)31-9-7-8-10-34(31)39)20-33-27(4)41(23-38-33)48(45,46)30-17-13-25(2)14-18-30/h7-18,22-23,28H,19-21H2,1-6H3. The normalized spacial score (nSPS) is 14.4. The Morgan fingerprint density at radius 2 is 1.15 bits per heavy atom. The van der Waals surface area contributed by atoms with E-state index >= 15 is 0 Å². The van der Waals surface area contributed by atoms with Gasteiger partial charge in [-0.15, -0.1) is 0 Å². The van der Waals surface area contributed by atoms with Crippen molar-refractivity contribution in [1.82, 2.24) is 17.9 Å². The maximum Gasteiger partial charge on any atom is 0.269 e. The van der Waals surface area contributed by atoms with Crippen molar-refractivity contribution in [1.29, 1.82) is 0 Å². The Morgan fingerprint density at radius 1 is 0.708 bits per heavy atom. The van der Waals surface area contributed by atoms with Crippen LogP contribution in [0.4, 0.5) is 5.69 Å². The van der Waals surface area contributed by atoms with Crippen LogP contribution in [0, 0.1) is 33.6 Å². The van der Waals surface area contributed by atoms with E-state index in [-0.39, 0.29) is 34.0 Å². The van der Waals surface area contributed by atoms with Crippen molar-refractivity contribution < 1.29 is 21.6 Å². The number of carbonyl (C=O) groups excluding carboxylic acids is 1. The molecule has 2 aromatic heterocycles. The van der Waals surface area contributed by atoms with Crippen LogP contribution >= 0.6 is 0 Å². The summed E-state index contributed by atoms with van der Waals surface area (Å²) in [6.45, 7) is 11.8. The molecule has 0 N–H and O–H groups in total. The van der Waals surface area contributed by atoms with Crippen LogP contribution in [0.3, 0.4) is 0 Å². The monoisotopic (exact) mass is 685 g/mol. The summed E-state index contributed by atoms with van der Waals surface area (Å²) in [4.78, 5) is 25.6. The number of imidazole rings is 2. The van der Waals surface area contributed by atoms with Gasteiger partial charge in [0, 0.05) is 36.4 Å². The lowest BCUT2D eigenvalue weighted by Crippen LogP contribution is -2.40. The van der Waals surface area contributed by atoms with Gasteiger partial charge in [0.05, 0.1) is 32.6 Å². The average Bonchev–Trinajstić information content (AvgIpc) is 3.70. The fourth-order valence-corrected chi connectivity index (χ4v) is 9.06. The first-order valence-electron chi connectivity index (χ1n) is 15.7. The van der Waals surface area contributed by atoms with Gasteiger partial charge in [0.2, 0.25) is 5.91 Å². The third-order valence-corrected chi connectivity index (χ3v) is 12.8. The molecule has 0 fully saturated rings. The van der Waals surface area contributed by atoms with Crippen LogP contribution in [-0.2, 0) is 43.1 Å². The smallest absolute Gasteiger partial charge is 0.269 e. The molecule has 0 unspecified atom stereocenters. The van der Waals surface area contributed by atoms with Crippen molar-refractivity contribution >= 4 is 31.6 Å². The van der Waals surface area contributed by atoms with Crippen molar-refractivity contribution in [2.45, 2.75) is 69.6 Å². The molecule has 1 amide bonds. The van der Waals surface area contributed by atoms with Crippen LogP contribution < -0.4 is 4.90 Å². The van der Waals surface area contributed by atoms with Gasteiger partial charge >= 0.3 is 0 Å². The molecule has 0 aliphatic carbocycles. The Bertz CT molecular complexity index is 2110. The van der Waals surface area contributed by atoms with E-state index in [1.165, 1.54) is 12.7 Å². The molecule has 12 heteroatoms. The van der Waals surface area contributed by atoms with Gasteiger partial charge in [0.25, 0.3) is 20.0 Å². The lowest BCUT2D eigenvalue weighted by molar-refractivity contribution is -0.122. The van der Waals surface area contributed by atoms with Crippen molar-refractivity contribution in [2.75, 3.05) is 11.4 Å². The molecule has 5 aromatic rings. The van der Waals surface area contributed by atoms with Gasteiger partial charge in [-0.05, 0) is 63.6 Å². The van der Waals surface area contributed by atoms with Gasteiger partial charge in [0.1, 0.15) is 12.7 Å². The first-order chi connectivity index (χ1) is 22.6. The van der Waals surface area contributed by atoms with Crippen molar-refractivity contribution in [2.24, 2.45) is 5.92 Å². The molecule has 0 saturated heterocycles. The Hall–Kier alpha value is -4.55. The zero-order valence-corrected chi connectivity index (χ0v) is 29.5. The van der Waals surface area contributed by atoms with E-state index in [2.05, 4.69) is 23.8 Å². The molecular formula is C36H39N5O5S2. The zero-order chi connectivity index (χ0) is 34.6. The minimum Gasteiger partial charge on any atom is -0.311 e. The number of benzene rings is 3. The predicted molar refractivity (Wildman–Crippen MR) is 184 cm³/mol. The molecule has 0 radical (unpaired) electrons. The molecule has 250 valence electrons. The number of para-hydroxylation sites is 1. The van der Waals surface area contributed by atoms with E-state index in [1.54, 1.807) is 67.3 Å². The number of aromatic nitrogens is 4. The minimum absolute atomic E-state index is 0.122. The average molecular weight is 686 g/mol. The minimum atomic E-state index is -3.92. The summed E-state index contributed by atoms with van der Waals surface area (Å²) in [5, 5.41) is 0. The highest BCUT2D eigenvalue weighted by molar-refractivity contribution is 7.90. The number of rotatable bonds is 9. The molecule has 1 aliphatic heterocycles. The highest BCUT2D eigenvalue weighted by atomic mass is 32.2. The molecule has 0 bridgehead atoms. The fraction of sp³-hybridized carbons (Fsp3) is 0.306. The van der Waals surface area contributed by atoms with Crippen LogP contribution in [0.5, 0.6) is 0 Å². The van der Waals surface area contributed by atoms with E-state index in [0.29, 0.717) is 29.3 Å². The number of hydrogen-bond donors (Lipinski definition) is 0. The van der Waals surface area contributed by atoms with Crippen molar-refractivity contribution in [3.63, 3.8) is 0 Å². The highest BCUT2D eigenvalue weighted by Gasteiger charge is 2.40. The molecule has 48 heavy (non-hydrogen) atoms. The number of carbonyl (C=O) groups is 1. The summed E-state index contributed by atoms with van der Waals surface area (Å²) in [5.74, 6) is -0.890. The number of aryl methyl sites for hydroxylation is 2. The van der Waals surface area contributed by atoms with Gasteiger partial charge in [0.15, 0.2) is 0 Å². The lowest BCUT2D eigenvalue weighted by atomic mass is 9.87. The quantitative estimate of drug-likeness (QED) is 0.200. The van der Waals surface area contributed by atoms with E-state index in [9.17, 15) is 21.6 Å². The maximum atomic E-state index is 14.6. The maximum absolute atomic E-state index is 14.6. The number of fused-ring (bicyclic) bond motifs is 1. The third kappa shape index (κ3) is 5.87. The summed E-state index contributed by atoms with van der Waals surface area (Å²) >= 11 is 0. The van der Waals surface area contributed by atoms with Crippen LogP contribution in [0.15, 0.2) is 95.2 Å². The molecule has 3 heterocycles. The SMILES string of the molecule is Cc1ccc(S(=O)(=O)n2cnc(CC(Cc3ncn(S(=O)(=O)c4ccc(C)cc4)c3C)C(=O)N3CC(C)(C)c4ccccc43)c2C)cc1. The second-order valence-corrected chi connectivity index (χ2v) is 16.8. The van der Waals surface area contributed by atoms with Crippen molar-refractivity contribution in [3.8, 4) is 0 Å². The lowest BCUT2D eigenvalue weighted by Gasteiger charge is -2.25. The summed E-state index contributed by atoms with van der Waals surface area (Å²) in [5.41, 5.74) is 5.21.